The highest BCUT2D eigenvalue weighted by Crippen LogP contribution is 2.40. The zero-order valence-electron chi connectivity index (χ0n) is 17.9. The molecule has 2 unspecified atom stereocenters. The number of ether oxygens (including phenoxy) is 2. The van der Waals surface area contributed by atoms with Crippen molar-refractivity contribution in [3.05, 3.63) is 70.3 Å². The molecule has 0 radical (unpaired) electrons. The second-order valence-electron chi connectivity index (χ2n) is 8.01. The normalized spacial score (nSPS) is 22.5. The van der Waals surface area contributed by atoms with E-state index in [4.69, 9.17) is 21.1 Å². The van der Waals surface area contributed by atoms with Crippen molar-refractivity contribution < 1.29 is 24.2 Å². The van der Waals surface area contributed by atoms with Crippen LogP contribution < -0.4 is 4.74 Å². The number of ketones is 1. The second kappa shape index (κ2) is 9.76. The van der Waals surface area contributed by atoms with E-state index in [1.165, 1.54) is 4.90 Å². The average molecular weight is 456 g/mol. The quantitative estimate of drug-likeness (QED) is 0.371. The van der Waals surface area contributed by atoms with Gasteiger partial charge in [0.1, 0.15) is 11.5 Å². The summed E-state index contributed by atoms with van der Waals surface area (Å²) in [6.07, 6.45) is 2.52. The Bertz CT molecular complexity index is 1010. The molecule has 4 rings (SSSR count). The van der Waals surface area contributed by atoms with E-state index in [1.54, 1.807) is 24.3 Å². The molecular formula is C25H26ClNO5. The zero-order valence-corrected chi connectivity index (χ0v) is 18.7. The van der Waals surface area contributed by atoms with Gasteiger partial charge in [0.2, 0.25) is 0 Å². The number of hydrogen-bond donors (Lipinski definition) is 1. The fourth-order valence-corrected chi connectivity index (χ4v) is 4.28. The van der Waals surface area contributed by atoms with Crippen LogP contribution in [0.5, 0.6) is 5.75 Å². The molecule has 2 saturated heterocycles. The molecule has 6 nitrogen and oxygen atoms in total. The first-order valence-corrected chi connectivity index (χ1v) is 11.3. The van der Waals surface area contributed by atoms with Gasteiger partial charge in [-0.2, -0.15) is 0 Å². The lowest BCUT2D eigenvalue weighted by molar-refractivity contribution is -0.140. The van der Waals surface area contributed by atoms with Gasteiger partial charge in [-0.3, -0.25) is 9.59 Å². The SMILES string of the molecule is CCCOc1ccc(C2/C(=C(\O)c3ccc(Cl)cc3)C(=O)C(=O)N2CC2CCCO2)cc1. The van der Waals surface area contributed by atoms with Gasteiger partial charge in [-0.05, 0) is 61.2 Å². The van der Waals surface area contributed by atoms with Crippen LogP contribution in [0, 0.1) is 0 Å². The van der Waals surface area contributed by atoms with E-state index in [9.17, 15) is 14.7 Å². The number of carbonyl (C=O) groups excluding carboxylic acids is 2. The van der Waals surface area contributed by atoms with Gasteiger partial charge in [0.25, 0.3) is 11.7 Å². The molecule has 7 heteroatoms. The topological polar surface area (TPSA) is 76.1 Å². The highest BCUT2D eigenvalue weighted by atomic mass is 35.5. The molecule has 2 atom stereocenters. The number of amides is 1. The summed E-state index contributed by atoms with van der Waals surface area (Å²) in [7, 11) is 0. The van der Waals surface area contributed by atoms with Crippen LogP contribution in [0.4, 0.5) is 0 Å². The Morgan fingerprint density at radius 1 is 1.16 bits per heavy atom. The third kappa shape index (κ3) is 4.52. The predicted octanol–water partition coefficient (Wildman–Crippen LogP) is 4.73. The monoisotopic (exact) mass is 455 g/mol. The molecule has 32 heavy (non-hydrogen) atoms. The number of benzene rings is 2. The van der Waals surface area contributed by atoms with Gasteiger partial charge < -0.3 is 19.5 Å². The fraction of sp³-hybridized carbons (Fsp3) is 0.360. The Morgan fingerprint density at radius 2 is 1.88 bits per heavy atom. The molecule has 1 N–H and O–H groups in total. The molecule has 168 valence electrons. The van der Waals surface area contributed by atoms with Gasteiger partial charge in [-0.1, -0.05) is 30.7 Å². The Balaban J connectivity index is 1.75. The molecule has 2 heterocycles. The van der Waals surface area contributed by atoms with E-state index in [0.29, 0.717) is 36.1 Å². The van der Waals surface area contributed by atoms with Crippen LogP contribution in [-0.2, 0) is 14.3 Å². The lowest BCUT2D eigenvalue weighted by Gasteiger charge is -2.27. The molecule has 0 aromatic heterocycles. The summed E-state index contributed by atoms with van der Waals surface area (Å²) in [6.45, 7) is 3.57. The Labute approximate surface area is 192 Å². The van der Waals surface area contributed by atoms with Crippen molar-refractivity contribution in [1.82, 2.24) is 4.90 Å². The smallest absolute Gasteiger partial charge is 0.295 e. The van der Waals surface area contributed by atoms with Gasteiger partial charge in [0.05, 0.1) is 24.3 Å². The summed E-state index contributed by atoms with van der Waals surface area (Å²) < 4.78 is 11.4. The van der Waals surface area contributed by atoms with Crippen molar-refractivity contribution in [3.63, 3.8) is 0 Å². The number of Topliss-reactive ketones (excluding diaryl/α,β-unsaturated/α-hetero) is 1. The Hall–Kier alpha value is -2.83. The van der Waals surface area contributed by atoms with Gasteiger partial charge in [-0.15, -0.1) is 0 Å². The summed E-state index contributed by atoms with van der Waals surface area (Å²) >= 11 is 5.97. The van der Waals surface area contributed by atoms with E-state index < -0.39 is 17.7 Å². The maximum atomic E-state index is 13.1. The van der Waals surface area contributed by atoms with Crippen molar-refractivity contribution in [2.24, 2.45) is 0 Å². The number of nitrogens with zero attached hydrogens (tertiary/aromatic N) is 1. The number of aliphatic hydroxyl groups is 1. The number of carbonyl (C=O) groups is 2. The standard InChI is InChI=1S/C25H26ClNO5/c1-2-13-31-19-11-7-16(8-12-19)22-21(23(28)17-5-9-18(26)10-6-17)24(29)25(30)27(22)15-20-4-3-14-32-20/h5-12,20,22,28H,2-4,13-15H2,1H3/b23-21+. The maximum Gasteiger partial charge on any atom is 0.295 e. The first-order chi connectivity index (χ1) is 15.5. The van der Waals surface area contributed by atoms with E-state index in [0.717, 1.165) is 24.8 Å². The lowest BCUT2D eigenvalue weighted by Crippen LogP contribution is -2.36. The minimum atomic E-state index is -0.713. The molecular weight excluding hydrogens is 430 g/mol. The van der Waals surface area contributed by atoms with Crippen LogP contribution in [0.1, 0.15) is 43.4 Å². The molecule has 0 spiro atoms. The molecule has 0 saturated carbocycles. The van der Waals surface area contributed by atoms with E-state index in [2.05, 4.69) is 0 Å². The van der Waals surface area contributed by atoms with Crippen LogP contribution >= 0.6 is 11.6 Å². The van der Waals surface area contributed by atoms with Crippen molar-refractivity contribution in [2.45, 2.75) is 38.3 Å². The summed E-state index contributed by atoms with van der Waals surface area (Å²) in [6, 6.07) is 13.1. The van der Waals surface area contributed by atoms with Crippen molar-refractivity contribution in [3.8, 4) is 5.75 Å². The maximum absolute atomic E-state index is 13.1. The molecule has 2 aromatic carbocycles. The second-order valence-corrected chi connectivity index (χ2v) is 8.45. The van der Waals surface area contributed by atoms with Gasteiger partial charge >= 0.3 is 0 Å². The Morgan fingerprint density at radius 3 is 2.50 bits per heavy atom. The van der Waals surface area contributed by atoms with Crippen LogP contribution in [-0.4, -0.2) is 47.6 Å². The summed E-state index contributed by atoms with van der Waals surface area (Å²) in [5.41, 5.74) is 1.22. The number of hydrogen-bond acceptors (Lipinski definition) is 5. The minimum Gasteiger partial charge on any atom is -0.507 e. The van der Waals surface area contributed by atoms with Gasteiger partial charge in [0, 0.05) is 23.7 Å². The molecule has 2 aliphatic heterocycles. The van der Waals surface area contributed by atoms with Gasteiger partial charge in [0.15, 0.2) is 0 Å². The lowest BCUT2D eigenvalue weighted by atomic mass is 9.95. The van der Waals surface area contributed by atoms with Crippen molar-refractivity contribution in [2.75, 3.05) is 19.8 Å². The number of aliphatic hydroxyl groups excluding tert-OH is 1. The van der Waals surface area contributed by atoms with Crippen LogP contribution in [0.2, 0.25) is 5.02 Å². The molecule has 1 amide bonds. The molecule has 2 aromatic rings. The molecule has 2 fully saturated rings. The number of halogens is 1. The average Bonchev–Trinajstić information content (AvgIpc) is 3.40. The molecule has 0 aliphatic carbocycles. The van der Waals surface area contributed by atoms with Crippen molar-refractivity contribution in [1.29, 1.82) is 0 Å². The molecule has 0 bridgehead atoms. The minimum absolute atomic E-state index is 0.0672. The fourth-order valence-electron chi connectivity index (χ4n) is 4.15. The van der Waals surface area contributed by atoms with Crippen LogP contribution in [0.25, 0.3) is 5.76 Å². The number of rotatable bonds is 7. The van der Waals surface area contributed by atoms with Crippen LogP contribution in [0.15, 0.2) is 54.1 Å². The van der Waals surface area contributed by atoms with Crippen LogP contribution in [0.3, 0.4) is 0 Å². The third-order valence-electron chi connectivity index (χ3n) is 5.75. The van der Waals surface area contributed by atoms with Gasteiger partial charge in [-0.25, -0.2) is 0 Å². The summed E-state index contributed by atoms with van der Waals surface area (Å²) in [5, 5.41) is 11.6. The Kier molecular flexibility index (Phi) is 6.82. The summed E-state index contributed by atoms with van der Waals surface area (Å²) in [4.78, 5) is 27.6. The highest BCUT2D eigenvalue weighted by molar-refractivity contribution is 6.46. The van der Waals surface area contributed by atoms with Crippen molar-refractivity contribution >= 4 is 29.1 Å². The predicted molar refractivity (Wildman–Crippen MR) is 122 cm³/mol. The third-order valence-corrected chi connectivity index (χ3v) is 6.00. The van der Waals surface area contributed by atoms with E-state index in [1.807, 2.05) is 31.2 Å². The first kappa shape index (κ1) is 22.4. The van der Waals surface area contributed by atoms with E-state index >= 15 is 0 Å². The largest absolute Gasteiger partial charge is 0.507 e. The number of likely N-dealkylation sites (tertiary alicyclic amines) is 1. The zero-order chi connectivity index (χ0) is 22.7. The van der Waals surface area contributed by atoms with E-state index in [-0.39, 0.29) is 17.4 Å². The first-order valence-electron chi connectivity index (χ1n) is 10.9. The summed E-state index contributed by atoms with van der Waals surface area (Å²) in [5.74, 6) is -0.838. The highest BCUT2D eigenvalue weighted by Gasteiger charge is 2.47. The molecule has 2 aliphatic rings.